The van der Waals surface area contributed by atoms with Crippen LogP contribution in [0.3, 0.4) is 0 Å². The molecule has 0 fully saturated rings. The lowest BCUT2D eigenvalue weighted by molar-refractivity contribution is 0.436. The topological polar surface area (TPSA) is 57.8 Å². The molecule has 0 unspecified atom stereocenters. The van der Waals surface area contributed by atoms with Crippen molar-refractivity contribution in [2.75, 3.05) is 0 Å². The van der Waals surface area contributed by atoms with Crippen molar-refractivity contribution in [1.29, 1.82) is 0 Å². The lowest BCUT2D eigenvalue weighted by Gasteiger charge is -2.39. The van der Waals surface area contributed by atoms with Gasteiger partial charge >= 0.3 is 0 Å². The smallest absolute Gasteiger partial charge is 0.164 e. The predicted octanol–water partition coefficient (Wildman–Crippen LogP) is 17.2. The molecule has 6 heteroatoms. The first-order chi connectivity index (χ1) is 37.7. The van der Waals surface area contributed by atoms with E-state index in [4.69, 9.17) is 19.7 Å². The Balaban J connectivity index is 1.02. The summed E-state index contributed by atoms with van der Waals surface area (Å²) in [4.78, 5) is 15.6. The number of para-hydroxylation sites is 6. The maximum Gasteiger partial charge on any atom is 0.164 e. The van der Waals surface area contributed by atoms with E-state index in [9.17, 15) is 0 Å². The average molecular weight is 970 g/mol. The molecule has 4 heterocycles. The second-order valence-electron chi connectivity index (χ2n) is 19.8. The minimum Gasteiger partial charge on any atom is -0.457 e. The molecule has 354 valence electrons. The van der Waals surface area contributed by atoms with Crippen LogP contribution in [0.15, 0.2) is 261 Å². The van der Waals surface area contributed by atoms with Gasteiger partial charge in [0.25, 0.3) is 0 Å². The van der Waals surface area contributed by atoms with Gasteiger partial charge in [0, 0.05) is 66.3 Å². The summed E-state index contributed by atoms with van der Waals surface area (Å²) in [5, 5.41) is 4.88. The Morgan fingerprint density at radius 2 is 0.737 bits per heavy atom. The number of rotatable bonds is 6. The third kappa shape index (κ3) is 6.06. The molecule has 0 saturated heterocycles. The van der Waals surface area contributed by atoms with E-state index in [0.717, 1.165) is 95.0 Å². The minimum absolute atomic E-state index is 0.607. The fourth-order valence-electron chi connectivity index (χ4n) is 12.7. The highest BCUT2D eigenvalue weighted by atomic mass is 16.5. The fourth-order valence-corrected chi connectivity index (χ4v) is 12.7. The molecule has 14 aromatic rings. The molecule has 11 aromatic carbocycles. The largest absolute Gasteiger partial charge is 0.457 e. The number of benzene rings is 11. The summed E-state index contributed by atoms with van der Waals surface area (Å²) < 4.78 is 11.7. The van der Waals surface area contributed by atoms with E-state index in [2.05, 4.69) is 234 Å². The van der Waals surface area contributed by atoms with Gasteiger partial charge in [-0.25, -0.2) is 15.0 Å². The first-order valence-corrected chi connectivity index (χ1v) is 25.8. The highest BCUT2D eigenvalue weighted by Crippen LogP contribution is 2.63. The normalized spacial score (nSPS) is 12.9. The molecular formula is C70H43N5O. The van der Waals surface area contributed by atoms with Gasteiger partial charge in [-0.15, -0.1) is 0 Å². The van der Waals surface area contributed by atoms with Crippen molar-refractivity contribution in [1.82, 2.24) is 24.1 Å². The number of hydrogen-bond acceptors (Lipinski definition) is 4. The van der Waals surface area contributed by atoms with Crippen LogP contribution in [0.2, 0.25) is 0 Å². The van der Waals surface area contributed by atoms with Gasteiger partial charge in [0.2, 0.25) is 0 Å². The molecule has 0 bridgehead atoms. The molecule has 0 atom stereocenters. The Hall–Kier alpha value is -10.2. The number of ether oxygens (including phenoxy) is 1. The van der Waals surface area contributed by atoms with Crippen LogP contribution in [0.5, 0.6) is 11.5 Å². The van der Waals surface area contributed by atoms with Gasteiger partial charge in [-0.2, -0.15) is 0 Å². The zero-order valence-electron chi connectivity index (χ0n) is 41.0. The predicted molar refractivity (Wildman–Crippen MR) is 308 cm³/mol. The van der Waals surface area contributed by atoms with Crippen molar-refractivity contribution in [3.8, 4) is 79.3 Å². The number of aromatic nitrogens is 5. The molecule has 6 nitrogen and oxygen atoms in total. The standard InChI is InChI=1S/C70H43N5O/c1-5-21-44(22-6-1)67-71-68(45-23-7-2-8-24-45)73-69(72-67)47-38-40-56-54(42-47)53-41-46(37-39-55(53)70(56)57-31-15-19-35-62(57)76-63-36-20-16-32-58(63)70)52-43-61-64(50-29-13-17-33-59(50)74(61)48-25-9-3-10-26-48)65-51-30-14-18-34-60(51)75(66(52)65)49-27-11-4-12-28-49/h1-43H. The summed E-state index contributed by atoms with van der Waals surface area (Å²) >= 11 is 0. The minimum atomic E-state index is -0.700. The molecule has 0 radical (unpaired) electrons. The van der Waals surface area contributed by atoms with Crippen LogP contribution in [0.25, 0.3) is 111 Å². The van der Waals surface area contributed by atoms with E-state index in [1.165, 1.54) is 32.7 Å². The van der Waals surface area contributed by atoms with Crippen LogP contribution in [0.4, 0.5) is 0 Å². The van der Waals surface area contributed by atoms with E-state index in [1.807, 2.05) is 36.4 Å². The summed E-state index contributed by atoms with van der Waals surface area (Å²) in [5.74, 6) is 3.54. The van der Waals surface area contributed by atoms with Gasteiger partial charge in [0.15, 0.2) is 17.5 Å². The van der Waals surface area contributed by atoms with E-state index >= 15 is 0 Å². The van der Waals surface area contributed by atoms with Crippen LogP contribution in [-0.4, -0.2) is 24.1 Å². The highest BCUT2D eigenvalue weighted by Gasteiger charge is 2.51. The summed E-state index contributed by atoms with van der Waals surface area (Å²) in [7, 11) is 0. The van der Waals surface area contributed by atoms with E-state index in [-0.39, 0.29) is 0 Å². The van der Waals surface area contributed by atoms with Crippen molar-refractivity contribution in [3.05, 3.63) is 283 Å². The molecule has 1 spiro atoms. The lowest BCUT2D eigenvalue weighted by atomic mass is 9.66. The summed E-state index contributed by atoms with van der Waals surface area (Å²) in [6, 6.07) is 93.4. The summed E-state index contributed by atoms with van der Waals surface area (Å²) in [6.45, 7) is 0. The maximum absolute atomic E-state index is 6.80. The van der Waals surface area contributed by atoms with Gasteiger partial charge in [0.1, 0.15) is 11.5 Å². The molecule has 0 amide bonds. The van der Waals surface area contributed by atoms with Gasteiger partial charge in [-0.1, -0.05) is 194 Å². The average Bonchev–Trinajstić information content (AvgIpc) is 4.18. The van der Waals surface area contributed by atoms with Crippen LogP contribution in [0, 0.1) is 0 Å². The SMILES string of the molecule is c1ccc(-c2nc(-c3ccccc3)nc(-c3ccc4c(c3)-c3cc(-c5cc6c(c7ccccc7n6-c6ccccc6)c6c7ccccc7n(-c7ccccc7)c56)ccc3C43c4ccccc4Oc4ccccc43)n2)cc1. The van der Waals surface area contributed by atoms with E-state index < -0.39 is 5.41 Å². The molecule has 1 aliphatic heterocycles. The second kappa shape index (κ2) is 16.4. The van der Waals surface area contributed by atoms with Crippen molar-refractivity contribution in [2.45, 2.75) is 5.41 Å². The van der Waals surface area contributed by atoms with E-state index in [1.54, 1.807) is 0 Å². The van der Waals surface area contributed by atoms with E-state index in [0.29, 0.717) is 17.5 Å². The Labute approximate surface area is 438 Å². The van der Waals surface area contributed by atoms with Crippen LogP contribution in [-0.2, 0) is 5.41 Å². The molecule has 3 aromatic heterocycles. The van der Waals surface area contributed by atoms with Gasteiger partial charge in [0.05, 0.1) is 27.5 Å². The second-order valence-corrected chi connectivity index (χ2v) is 19.8. The Bertz CT molecular complexity index is 4550. The first kappa shape index (κ1) is 42.3. The molecule has 16 rings (SSSR count). The first-order valence-electron chi connectivity index (χ1n) is 25.8. The van der Waals surface area contributed by atoms with Crippen molar-refractivity contribution in [2.24, 2.45) is 0 Å². The molecule has 2 aliphatic rings. The zero-order chi connectivity index (χ0) is 49.9. The molecule has 0 N–H and O–H groups in total. The van der Waals surface area contributed by atoms with Gasteiger partial charge in [-0.3, -0.25) is 0 Å². The van der Waals surface area contributed by atoms with Crippen molar-refractivity contribution < 1.29 is 4.74 Å². The molecule has 1 aliphatic carbocycles. The Kier molecular flexibility index (Phi) is 9.15. The monoisotopic (exact) mass is 969 g/mol. The van der Waals surface area contributed by atoms with Crippen molar-refractivity contribution >= 4 is 43.6 Å². The molecule has 76 heavy (non-hydrogen) atoms. The maximum atomic E-state index is 6.80. The Morgan fingerprint density at radius 1 is 0.303 bits per heavy atom. The zero-order valence-corrected chi connectivity index (χ0v) is 41.0. The third-order valence-electron chi connectivity index (χ3n) is 15.8. The van der Waals surface area contributed by atoms with Crippen molar-refractivity contribution in [3.63, 3.8) is 0 Å². The number of hydrogen-bond donors (Lipinski definition) is 0. The number of fused-ring (bicyclic) bond motifs is 16. The van der Waals surface area contributed by atoms with Crippen LogP contribution >= 0.6 is 0 Å². The van der Waals surface area contributed by atoms with Gasteiger partial charge in [-0.05, 0) is 94.5 Å². The molecular weight excluding hydrogens is 927 g/mol. The summed E-state index contributed by atoms with van der Waals surface area (Å²) in [6.07, 6.45) is 0. The quantitative estimate of drug-likeness (QED) is 0.167. The lowest BCUT2D eigenvalue weighted by Crippen LogP contribution is -2.32. The molecule has 0 saturated carbocycles. The highest BCUT2D eigenvalue weighted by molar-refractivity contribution is 6.31. The summed E-state index contributed by atoms with van der Waals surface area (Å²) in [5.41, 5.74) is 18.0. The fraction of sp³-hybridized carbons (Fsp3) is 0.0143. The Morgan fingerprint density at radius 3 is 1.32 bits per heavy atom. The third-order valence-corrected chi connectivity index (χ3v) is 15.8. The van der Waals surface area contributed by atoms with Crippen LogP contribution < -0.4 is 4.74 Å². The number of nitrogens with zero attached hydrogens (tertiary/aromatic N) is 5. The van der Waals surface area contributed by atoms with Gasteiger partial charge < -0.3 is 13.9 Å². The van der Waals surface area contributed by atoms with Crippen LogP contribution in [0.1, 0.15) is 22.3 Å².